The second-order valence-electron chi connectivity index (χ2n) is 7.02. The molecule has 0 bridgehead atoms. The molecule has 7 heteroatoms. The van der Waals surface area contributed by atoms with Crippen LogP contribution in [0.15, 0.2) is 77.4 Å². The van der Waals surface area contributed by atoms with E-state index in [2.05, 4.69) is 4.99 Å². The molecule has 0 spiro atoms. The van der Waals surface area contributed by atoms with Crippen LogP contribution in [0.4, 0.5) is 0 Å². The average molecular weight is 448 g/mol. The van der Waals surface area contributed by atoms with Gasteiger partial charge in [-0.2, -0.15) is 0 Å². The molecular weight excluding hydrogens is 430 g/mol. The molecule has 1 aliphatic heterocycles. The number of benzene rings is 3. The molecule has 1 heterocycles. The van der Waals surface area contributed by atoms with Crippen LogP contribution in [0.25, 0.3) is 6.08 Å². The van der Waals surface area contributed by atoms with Crippen LogP contribution in [0.1, 0.15) is 27.0 Å². The van der Waals surface area contributed by atoms with Crippen molar-refractivity contribution in [2.24, 2.45) is 4.99 Å². The summed E-state index contributed by atoms with van der Waals surface area (Å²) in [6.07, 6.45) is 1.56. The van der Waals surface area contributed by atoms with E-state index < -0.39 is 11.9 Å². The number of carbonyl (C=O) groups excluding carboxylic acids is 2. The monoisotopic (exact) mass is 447 g/mol. The molecule has 1 aliphatic rings. The summed E-state index contributed by atoms with van der Waals surface area (Å²) in [7, 11) is 1.47. The van der Waals surface area contributed by atoms with E-state index in [0.717, 1.165) is 5.56 Å². The Labute approximate surface area is 189 Å². The summed E-state index contributed by atoms with van der Waals surface area (Å²) < 4.78 is 16.1. The smallest absolute Gasteiger partial charge is 0.363 e. The van der Waals surface area contributed by atoms with Crippen molar-refractivity contribution in [3.63, 3.8) is 0 Å². The number of carbonyl (C=O) groups is 2. The topological polar surface area (TPSA) is 74.2 Å². The standard InChI is InChI=1S/C25H18ClNO5/c1-15-5-3-7-18(11-15)24(28)31-21-10-9-16(13-22(21)30-2)12-20-25(29)32-23(27-20)17-6-4-8-19(26)14-17/h3-14H,1-2H3/b20-12-. The first-order valence-electron chi connectivity index (χ1n) is 9.68. The third kappa shape index (κ3) is 4.71. The second kappa shape index (κ2) is 9.08. The molecule has 0 radical (unpaired) electrons. The number of ether oxygens (including phenoxy) is 3. The van der Waals surface area contributed by atoms with Gasteiger partial charge in [0.05, 0.1) is 12.7 Å². The van der Waals surface area contributed by atoms with Crippen LogP contribution in [0.2, 0.25) is 5.02 Å². The number of methoxy groups -OCH3 is 1. The molecule has 0 fully saturated rings. The fourth-order valence-corrected chi connectivity index (χ4v) is 3.29. The molecule has 3 aromatic carbocycles. The number of rotatable bonds is 5. The summed E-state index contributed by atoms with van der Waals surface area (Å²) in [5.74, 6) is -0.286. The van der Waals surface area contributed by atoms with Gasteiger partial charge in [-0.25, -0.2) is 14.6 Å². The lowest BCUT2D eigenvalue weighted by Crippen LogP contribution is -2.09. The van der Waals surface area contributed by atoms with Gasteiger partial charge in [-0.15, -0.1) is 0 Å². The first-order valence-corrected chi connectivity index (χ1v) is 10.1. The summed E-state index contributed by atoms with van der Waals surface area (Å²) in [4.78, 5) is 29.0. The molecule has 0 amide bonds. The number of nitrogens with zero attached hydrogens (tertiary/aromatic N) is 1. The van der Waals surface area contributed by atoms with Crippen molar-refractivity contribution in [2.75, 3.05) is 7.11 Å². The van der Waals surface area contributed by atoms with Gasteiger partial charge >= 0.3 is 11.9 Å². The highest BCUT2D eigenvalue weighted by molar-refractivity contribution is 6.31. The van der Waals surface area contributed by atoms with E-state index in [-0.39, 0.29) is 17.3 Å². The number of hydrogen-bond acceptors (Lipinski definition) is 6. The van der Waals surface area contributed by atoms with Gasteiger partial charge in [-0.1, -0.05) is 41.4 Å². The fraction of sp³-hybridized carbons (Fsp3) is 0.0800. The van der Waals surface area contributed by atoms with Crippen LogP contribution < -0.4 is 9.47 Å². The van der Waals surface area contributed by atoms with Gasteiger partial charge in [-0.05, 0) is 61.0 Å². The van der Waals surface area contributed by atoms with Gasteiger partial charge in [0.2, 0.25) is 5.90 Å². The first kappa shape index (κ1) is 21.3. The van der Waals surface area contributed by atoms with Gasteiger partial charge in [0, 0.05) is 10.6 Å². The highest BCUT2D eigenvalue weighted by Crippen LogP contribution is 2.30. The van der Waals surface area contributed by atoms with Crippen molar-refractivity contribution in [3.05, 3.63) is 99.7 Å². The Morgan fingerprint density at radius 3 is 2.59 bits per heavy atom. The zero-order valence-electron chi connectivity index (χ0n) is 17.3. The quantitative estimate of drug-likeness (QED) is 0.304. The van der Waals surface area contributed by atoms with Gasteiger partial charge in [0.25, 0.3) is 0 Å². The van der Waals surface area contributed by atoms with E-state index in [4.69, 9.17) is 25.8 Å². The number of hydrogen-bond donors (Lipinski definition) is 0. The van der Waals surface area contributed by atoms with Crippen molar-refractivity contribution in [1.29, 1.82) is 0 Å². The molecule has 0 unspecified atom stereocenters. The van der Waals surface area contributed by atoms with Gasteiger partial charge < -0.3 is 14.2 Å². The second-order valence-corrected chi connectivity index (χ2v) is 7.45. The lowest BCUT2D eigenvalue weighted by atomic mass is 10.1. The van der Waals surface area contributed by atoms with Gasteiger partial charge in [0.15, 0.2) is 17.2 Å². The maximum Gasteiger partial charge on any atom is 0.363 e. The van der Waals surface area contributed by atoms with Crippen LogP contribution >= 0.6 is 11.6 Å². The Balaban J connectivity index is 1.58. The van der Waals surface area contributed by atoms with Crippen molar-refractivity contribution in [1.82, 2.24) is 0 Å². The van der Waals surface area contributed by atoms with Crippen molar-refractivity contribution < 1.29 is 23.8 Å². The minimum Gasteiger partial charge on any atom is -0.493 e. The van der Waals surface area contributed by atoms with Crippen LogP contribution in [0, 0.1) is 6.92 Å². The number of halogens is 1. The highest BCUT2D eigenvalue weighted by atomic mass is 35.5. The predicted molar refractivity (Wildman–Crippen MR) is 121 cm³/mol. The maximum atomic E-state index is 12.5. The SMILES string of the molecule is COc1cc(/C=C2\N=C(c3cccc(Cl)c3)OC2=O)ccc1OC(=O)c1cccc(C)c1. The Morgan fingerprint density at radius 1 is 1.03 bits per heavy atom. The summed E-state index contributed by atoms with van der Waals surface area (Å²) in [6, 6.07) is 18.9. The Bertz CT molecular complexity index is 1280. The molecule has 4 rings (SSSR count). The Hall–Kier alpha value is -3.90. The number of esters is 2. The number of aryl methyl sites for hydroxylation is 1. The zero-order valence-corrected chi connectivity index (χ0v) is 18.1. The molecule has 0 N–H and O–H groups in total. The summed E-state index contributed by atoms with van der Waals surface area (Å²) in [5.41, 5.74) is 2.75. The van der Waals surface area contributed by atoms with E-state index >= 15 is 0 Å². The van der Waals surface area contributed by atoms with E-state index in [0.29, 0.717) is 27.5 Å². The van der Waals surface area contributed by atoms with E-state index in [1.807, 2.05) is 13.0 Å². The van der Waals surface area contributed by atoms with Gasteiger partial charge in [0.1, 0.15) is 0 Å². The van der Waals surface area contributed by atoms with E-state index in [1.54, 1.807) is 66.7 Å². The Morgan fingerprint density at radius 2 is 1.84 bits per heavy atom. The summed E-state index contributed by atoms with van der Waals surface area (Å²) in [5, 5.41) is 0.513. The number of aliphatic imine (C=N–C) groups is 1. The average Bonchev–Trinajstić information content (AvgIpc) is 3.15. The van der Waals surface area contributed by atoms with Crippen molar-refractivity contribution in [2.45, 2.75) is 6.92 Å². The molecule has 0 aliphatic carbocycles. The van der Waals surface area contributed by atoms with Crippen LogP contribution in [0.5, 0.6) is 11.5 Å². The molecule has 0 saturated heterocycles. The first-order chi connectivity index (χ1) is 15.4. The zero-order chi connectivity index (χ0) is 22.7. The third-order valence-corrected chi connectivity index (χ3v) is 4.87. The lowest BCUT2D eigenvalue weighted by molar-refractivity contribution is -0.129. The van der Waals surface area contributed by atoms with Crippen LogP contribution in [-0.4, -0.2) is 24.9 Å². The van der Waals surface area contributed by atoms with Crippen molar-refractivity contribution >= 4 is 35.5 Å². The highest BCUT2D eigenvalue weighted by Gasteiger charge is 2.24. The molecule has 0 atom stereocenters. The van der Waals surface area contributed by atoms with Crippen molar-refractivity contribution in [3.8, 4) is 11.5 Å². The maximum absolute atomic E-state index is 12.5. The molecule has 6 nitrogen and oxygen atoms in total. The fourth-order valence-electron chi connectivity index (χ4n) is 3.10. The molecular formula is C25H18ClNO5. The largest absolute Gasteiger partial charge is 0.493 e. The molecule has 0 aromatic heterocycles. The van der Waals surface area contributed by atoms with Crippen LogP contribution in [0.3, 0.4) is 0 Å². The van der Waals surface area contributed by atoms with E-state index in [1.165, 1.54) is 7.11 Å². The molecule has 3 aromatic rings. The Kier molecular flexibility index (Phi) is 6.05. The normalized spacial score (nSPS) is 14.2. The lowest BCUT2D eigenvalue weighted by Gasteiger charge is -2.10. The minimum absolute atomic E-state index is 0.131. The molecule has 160 valence electrons. The van der Waals surface area contributed by atoms with Crippen LogP contribution in [-0.2, 0) is 9.53 Å². The third-order valence-electron chi connectivity index (χ3n) is 4.64. The number of cyclic esters (lactones) is 1. The minimum atomic E-state index is -0.575. The molecule has 32 heavy (non-hydrogen) atoms. The molecule has 0 saturated carbocycles. The predicted octanol–water partition coefficient (Wildman–Crippen LogP) is 5.22. The van der Waals surface area contributed by atoms with Gasteiger partial charge in [-0.3, -0.25) is 0 Å². The summed E-state index contributed by atoms with van der Waals surface area (Å²) in [6.45, 7) is 1.90. The summed E-state index contributed by atoms with van der Waals surface area (Å²) >= 11 is 6.00. The van der Waals surface area contributed by atoms with E-state index in [9.17, 15) is 9.59 Å².